The Morgan fingerprint density at radius 1 is 1.57 bits per heavy atom. The average Bonchev–Trinajstić information content (AvgIpc) is 2.47. The molecule has 0 N–H and O–H groups in total. The molecule has 4 heteroatoms. The zero-order chi connectivity index (χ0) is 10.1. The van der Waals surface area contributed by atoms with E-state index in [0.717, 1.165) is 5.56 Å². The molecular weight excluding hydrogens is 202 g/mol. The zero-order valence-electron chi connectivity index (χ0n) is 7.74. The fourth-order valence-corrected chi connectivity index (χ4v) is 1.65. The summed E-state index contributed by atoms with van der Waals surface area (Å²) in [4.78, 5) is 12.7. The molecular formula is C10H10ClNO2. The third-order valence-electron chi connectivity index (χ3n) is 2.21. The van der Waals surface area contributed by atoms with Crippen LogP contribution in [0.1, 0.15) is 11.7 Å². The Morgan fingerprint density at radius 3 is 2.93 bits per heavy atom. The molecule has 1 amide bonds. The number of ether oxygens (including phenoxy) is 1. The minimum atomic E-state index is -0.282. The number of carbonyl (C=O) groups is 1. The van der Waals surface area contributed by atoms with Crippen molar-refractivity contribution in [3.8, 4) is 0 Å². The first-order valence-corrected chi connectivity index (χ1v) is 4.72. The van der Waals surface area contributed by atoms with Crippen LogP contribution in [0.15, 0.2) is 24.3 Å². The molecule has 1 fully saturated rings. The summed E-state index contributed by atoms with van der Waals surface area (Å²) < 4.78 is 5.14. The van der Waals surface area contributed by atoms with E-state index in [1.807, 2.05) is 18.2 Å². The molecule has 1 aromatic rings. The van der Waals surface area contributed by atoms with Crippen LogP contribution in [0.3, 0.4) is 0 Å². The molecule has 1 aromatic carbocycles. The second-order valence-corrected chi connectivity index (χ2v) is 3.74. The monoisotopic (exact) mass is 211 g/mol. The maximum atomic E-state index is 11.1. The van der Waals surface area contributed by atoms with Crippen LogP contribution in [0.4, 0.5) is 4.79 Å². The van der Waals surface area contributed by atoms with Crippen LogP contribution in [0.5, 0.6) is 0 Å². The van der Waals surface area contributed by atoms with Gasteiger partial charge >= 0.3 is 6.09 Å². The van der Waals surface area contributed by atoms with Gasteiger partial charge in [0.05, 0.1) is 6.54 Å². The molecule has 14 heavy (non-hydrogen) atoms. The molecule has 3 nitrogen and oxygen atoms in total. The van der Waals surface area contributed by atoms with E-state index < -0.39 is 0 Å². The summed E-state index contributed by atoms with van der Waals surface area (Å²) >= 11 is 5.84. The third-order valence-corrected chi connectivity index (χ3v) is 2.45. The van der Waals surface area contributed by atoms with Crippen LogP contribution in [0.2, 0.25) is 5.02 Å². The van der Waals surface area contributed by atoms with Crippen LogP contribution in [0.25, 0.3) is 0 Å². The van der Waals surface area contributed by atoms with E-state index in [4.69, 9.17) is 16.3 Å². The van der Waals surface area contributed by atoms with Crippen molar-refractivity contribution >= 4 is 17.7 Å². The topological polar surface area (TPSA) is 29.5 Å². The molecule has 0 radical (unpaired) electrons. The van der Waals surface area contributed by atoms with Gasteiger partial charge in [0.1, 0.15) is 6.10 Å². The Hall–Kier alpha value is -1.22. The van der Waals surface area contributed by atoms with Gasteiger partial charge in [-0.05, 0) is 17.7 Å². The van der Waals surface area contributed by atoms with Crippen LogP contribution in [0, 0.1) is 0 Å². The fraction of sp³-hybridized carbons (Fsp3) is 0.300. The van der Waals surface area contributed by atoms with Crippen molar-refractivity contribution in [2.75, 3.05) is 13.6 Å². The minimum absolute atomic E-state index is 0.189. The Bertz CT molecular complexity index is 367. The Morgan fingerprint density at radius 2 is 2.36 bits per heavy atom. The lowest BCUT2D eigenvalue weighted by molar-refractivity contribution is 0.135. The first-order chi connectivity index (χ1) is 6.66. The van der Waals surface area contributed by atoms with Crippen molar-refractivity contribution in [1.29, 1.82) is 0 Å². The van der Waals surface area contributed by atoms with Gasteiger partial charge in [-0.25, -0.2) is 4.79 Å². The summed E-state index contributed by atoms with van der Waals surface area (Å²) in [6.07, 6.45) is -0.471. The second-order valence-electron chi connectivity index (χ2n) is 3.31. The maximum absolute atomic E-state index is 11.1. The van der Waals surface area contributed by atoms with Crippen molar-refractivity contribution in [3.63, 3.8) is 0 Å². The van der Waals surface area contributed by atoms with Crippen LogP contribution < -0.4 is 0 Å². The molecule has 2 rings (SSSR count). The molecule has 0 saturated carbocycles. The predicted octanol–water partition coefficient (Wildman–Crippen LogP) is 2.46. The molecule has 0 spiro atoms. The lowest BCUT2D eigenvalue weighted by Gasteiger charge is -2.07. The average molecular weight is 212 g/mol. The summed E-state index contributed by atoms with van der Waals surface area (Å²) in [7, 11) is 1.72. The largest absolute Gasteiger partial charge is 0.439 e. The number of rotatable bonds is 1. The molecule has 1 aliphatic rings. The van der Waals surface area contributed by atoms with Crippen molar-refractivity contribution in [1.82, 2.24) is 4.90 Å². The summed E-state index contributed by atoms with van der Waals surface area (Å²) in [6, 6.07) is 7.37. The SMILES string of the molecule is CN1C[C@@H](c2cccc(Cl)c2)OC1=O. The lowest BCUT2D eigenvalue weighted by atomic mass is 10.1. The lowest BCUT2D eigenvalue weighted by Crippen LogP contribution is -2.17. The quantitative estimate of drug-likeness (QED) is 0.714. The fourth-order valence-electron chi connectivity index (χ4n) is 1.45. The number of likely N-dealkylation sites (N-methyl/N-ethyl adjacent to an activating group) is 1. The van der Waals surface area contributed by atoms with Crippen molar-refractivity contribution < 1.29 is 9.53 Å². The highest BCUT2D eigenvalue weighted by Crippen LogP contribution is 2.26. The first-order valence-electron chi connectivity index (χ1n) is 4.34. The summed E-state index contributed by atoms with van der Waals surface area (Å²) in [5, 5.41) is 0.660. The number of carbonyl (C=O) groups excluding carboxylic acids is 1. The van der Waals surface area contributed by atoms with Gasteiger partial charge in [-0.15, -0.1) is 0 Å². The Labute approximate surface area is 87.2 Å². The summed E-state index contributed by atoms with van der Waals surface area (Å²) in [5.41, 5.74) is 0.940. The van der Waals surface area contributed by atoms with Gasteiger partial charge in [-0.2, -0.15) is 0 Å². The number of benzene rings is 1. The molecule has 0 bridgehead atoms. The van der Waals surface area contributed by atoms with E-state index in [1.165, 1.54) is 0 Å². The highest BCUT2D eigenvalue weighted by molar-refractivity contribution is 6.30. The standard InChI is InChI=1S/C10H10ClNO2/c1-12-6-9(14-10(12)13)7-3-2-4-8(11)5-7/h2-5,9H,6H2,1H3/t9-/m0/s1. The summed E-state index contributed by atoms with van der Waals surface area (Å²) in [6.45, 7) is 0.583. The second kappa shape index (κ2) is 3.50. The Balaban J connectivity index is 2.21. The Kier molecular flexibility index (Phi) is 2.33. The highest BCUT2D eigenvalue weighted by atomic mass is 35.5. The number of hydrogen-bond donors (Lipinski definition) is 0. The molecule has 0 aliphatic carbocycles. The van der Waals surface area contributed by atoms with Crippen molar-refractivity contribution in [2.24, 2.45) is 0 Å². The van der Waals surface area contributed by atoms with Crippen LogP contribution >= 0.6 is 11.6 Å². The van der Waals surface area contributed by atoms with Crippen LogP contribution in [-0.2, 0) is 4.74 Å². The van der Waals surface area contributed by atoms with Gasteiger partial charge < -0.3 is 9.64 Å². The van der Waals surface area contributed by atoms with Gasteiger partial charge in [0.15, 0.2) is 0 Å². The van der Waals surface area contributed by atoms with Gasteiger partial charge in [-0.1, -0.05) is 23.7 Å². The molecule has 74 valence electrons. The van der Waals surface area contributed by atoms with Crippen molar-refractivity contribution in [3.05, 3.63) is 34.9 Å². The number of nitrogens with zero attached hydrogens (tertiary/aromatic N) is 1. The molecule has 1 saturated heterocycles. The summed E-state index contributed by atoms with van der Waals surface area (Å²) in [5.74, 6) is 0. The van der Waals surface area contributed by atoms with Gasteiger partial charge in [0.25, 0.3) is 0 Å². The van der Waals surface area contributed by atoms with E-state index in [0.29, 0.717) is 11.6 Å². The predicted molar refractivity (Wildman–Crippen MR) is 53.3 cm³/mol. The molecule has 0 aromatic heterocycles. The normalized spacial score (nSPS) is 21.1. The molecule has 0 unspecified atom stereocenters. The first kappa shape index (κ1) is 9.34. The smallest absolute Gasteiger partial charge is 0.410 e. The number of hydrogen-bond acceptors (Lipinski definition) is 2. The van der Waals surface area contributed by atoms with E-state index in [2.05, 4.69) is 0 Å². The van der Waals surface area contributed by atoms with Gasteiger partial charge in [0, 0.05) is 12.1 Å². The number of halogens is 1. The third kappa shape index (κ3) is 1.68. The number of amides is 1. The van der Waals surface area contributed by atoms with Crippen molar-refractivity contribution in [2.45, 2.75) is 6.10 Å². The zero-order valence-corrected chi connectivity index (χ0v) is 8.49. The van der Waals surface area contributed by atoms with E-state index in [1.54, 1.807) is 18.0 Å². The number of cyclic esters (lactones) is 1. The molecule has 1 heterocycles. The molecule has 1 aliphatic heterocycles. The van der Waals surface area contributed by atoms with Gasteiger partial charge in [-0.3, -0.25) is 0 Å². The van der Waals surface area contributed by atoms with E-state index in [-0.39, 0.29) is 12.2 Å². The van der Waals surface area contributed by atoms with E-state index in [9.17, 15) is 4.79 Å². The van der Waals surface area contributed by atoms with Crippen LogP contribution in [-0.4, -0.2) is 24.6 Å². The van der Waals surface area contributed by atoms with E-state index >= 15 is 0 Å². The minimum Gasteiger partial charge on any atom is -0.439 e. The maximum Gasteiger partial charge on any atom is 0.410 e. The highest BCUT2D eigenvalue weighted by Gasteiger charge is 2.29. The molecule has 1 atom stereocenters. The van der Waals surface area contributed by atoms with Gasteiger partial charge in [0.2, 0.25) is 0 Å².